The second-order valence-electron chi connectivity index (χ2n) is 6.66. The molecule has 0 unspecified atom stereocenters. The van der Waals surface area contributed by atoms with Gasteiger partial charge in [0.2, 0.25) is 17.7 Å². The summed E-state index contributed by atoms with van der Waals surface area (Å²) >= 11 is 0. The molecule has 1 aromatic carbocycles. The Bertz CT molecular complexity index is 672. The lowest BCUT2D eigenvalue weighted by Gasteiger charge is -2.31. The number of aryl methyl sites for hydroxylation is 2. The second kappa shape index (κ2) is 7.60. The van der Waals surface area contributed by atoms with Gasteiger partial charge in [0, 0.05) is 31.5 Å². The first kappa shape index (κ1) is 16.7. The van der Waals surface area contributed by atoms with E-state index in [1.807, 2.05) is 43.1 Å². The van der Waals surface area contributed by atoms with Gasteiger partial charge in [0.1, 0.15) is 0 Å². The van der Waals surface area contributed by atoms with Gasteiger partial charge < -0.3 is 9.32 Å². The number of carbonyl (C=O) groups excluding carboxylic acids is 1. The van der Waals surface area contributed by atoms with Crippen LogP contribution in [0.3, 0.4) is 0 Å². The van der Waals surface area contributed by atoms with Crippen LogP contribution in [-0.2, 0) is 11.2 Å². The Labute approximate surface area is 143 Å². The van der Waals surface area contributed by atoms with Gasteiger partial charge in [-0.05, 0) is 31.9 Å². The molecule has 0 saturated heterocycles. The fourth-order valence-electron chi connectivity index (χ4n) is 3.23. The summed E-state index contributed by atoms with van der Waals surface area (Å²) in [5.74, 6) is 1.20. The largest absolute Gasteiger partial charge is 0.421 e. The molecule has 24 heavy (non-hydrogen) atoms. The zero-order valence-corrected chi connectivity index (χ0v) is 14.5. The molecule has 1 heterocycles. The lowest BCUT2D eigenvalue weighted by molar-refractivity contribution is -0.132. The molecule has 1 aromatic heterocycles. The molecule has 0 N–H and O–H groups in total. The monoisotopic (exact) mass is 327 g/mol. The van der Waals surface area contributed by atoms with Crippen molar-refractivity contribution in [2.45, 2.75) is 57.9 Å². The van der Waals surface area contributed by atoms with Gasteiger partial charge >= 0.3 is 0 Å². The van der Waals surface area contributed by atoms with Gasteiger partial charge in [-0.2, -0.15) is 0 Å². The molecule has 0 atom stereocenters. The van der Waals surface area contributed by atoms with E-state index in [1.165, 1.54) is 24.8 Å². The Morgan fingerprint density at radius 3 is 2.58 bits per heavy atom. The lowest BCUT2D eigenvalue weighted by atomic mass is 9.94. The van der Waals surface area contributed by atoms with Crippen LogP contribution in [0.2, 0.25) is 0 Å². The minimum absolute atomic E-state index is 0.164. The van der Waals surface area contributed by atoms with Crippen molar-refractivity contribution in [3.63, 3.8) is 0 Å². The van der Waals surface area contributed by atoms with Crippen LogP contribution >= 0.6 is 0 Å². The highest BCUT2D eigenvalue weighted by molar-refractivity contribution is 5.76. The summed E-state index contributed by atoms with van der Waals surface area (Å²) in [6.45, 7) is 2.04. The molecule has 0 aliphatic heterocycles. The highest BCUT2D eigenvalue weighted by Gasteiger charge is 2.22. The number of carbonyl (C=O) groups is 1. The fraction of sp³-hybridized carbons (Fsp3) is 0.526. The first-order valence-electron chi connectivity index (χ1n) is 8.78. The van der Waals surface area contributed by atoms with Crippen LogP contribution in [0.15, 0.2) is 28.7 Å². The van der Waals surface area contributed by atoms with Crippen LogP contribution in [-0.4, -0.2) is 34.1 Å². The van der Waals surface area contributed by atoms with E-state index >= 15 is 0 Å². The molecule has 0 radical (unpaired) electrons. The minimum atomic E-state index is 0.164. The van der Waals surface area contributed by atoms with Crippen LogP contribution in [0.25, 0.3) is 11.5 Å². The van der Waals surface area contributed by atoms with Crippen LogP contribution in [0.4, 0.5) is 0 Å². The average Bonchev–Trinajstić information content (AvgIpc) is 3.09. The molecule has 1 aliphatic carbocycles. The average molecular weight is 327 g/mol. The van der Waals surface area contributed by atoms with Crippen LogP contribution in [0.5, 0.6) is 0 Å². The molecule has 2 aromatic rings. The molecular weight excluding hydrogens is 302 g/mol. The zero-order chi connectivity index (χ0) is 16.9. The normalized spacial score (nSPS) is 15.4. The van der Waals surface area contributed by atoms with E-state index in [0.29, 0.717) is 30.7 Å². The van der Waals surface area contributed by atoms with E-state index in [2.05, 4.69) is 10.2 Å². The van der Waals surface area contributed by atoms with Gasteiger partial charge in [0.15, 0.2) is 0 Å². The summed E-state index contributed by atoms with van der Waals surface area (Å²) in [6.07, 6.45) is 6.91. The quantitative estimate of drug-likeness (QED) is 0.839. The van der Waals surface area contributed by atoms with E-state index in [9.17, 15) is 4.79 Å². The van der Waals surface area contributed by atoms with Crippen molar-refractivity contribution < 1.29 is 9.21 Å². The number of hydrogen-bond donors (Lipinski definition) is 0. The van der Waals surface area contributed by atoms with Gasteiger partial charge in [0.25, 0.3) is 0 Å². The maximum Gasteiger partial charge on any atom is 0.247 e. The maximum absolute atomic E-state index is 12.4. The molecule has 1 aliphatic rings. The van der Waals surface area contributed by atoms with Crippen molar-refractivity contribution >= 4 is 5.91 Å². The zero-order valence-electron chi connectivity index (χ0n) is 14.5. The lowest BCUT2D eigenvalue weighted by Crippen LogP contribution is -2.38. The summed E-state index contributed by atoms with van der Waals surface area (Å²) in [5, 5.41) is 8.16. The SMILES string of the molecule is Cc1ccc(-c2nnc(CCC(=O)N(C)C3CCCCC3)o2)cc1. The summed E-state index contributed by atoms with van der Waals surface area (Å²) in [7, 11) is 1.92. The number of aromatic nitrogens is 2. The van der Waals surface area contributed by atoms with Gasteiger partial charge in [-0.1, -0.05) is 37.0 Å². The van der Waals surface area contributed by atoms with E-state index < -0.39 is 0 Å². The van der Waals surface area contributed by atoms with Crippen molar-refractivity contribution in [1.82, 2.24) is 15.1 Å². The van der Waals surface area contributed by atoms with Crippen LogP contribution in [0.1, 0.15) is 50.0 Å². The third kappa shape index (κ3) is 4.02. The fourth-order valence-corrected chi connectivity index (χ4v) is 3.23. The highest BCUT2D eigenvalue weighted by atomic mass is 16.4. The Morgan fingerprint density at radius 1 is 1.17 bits per heavy atom. The molecule has 1 saturated carbocycles. The Hall–Kier alpha value is -2.17. The first-order valence-corrected chi connectivity index (χ1v) is 8.78. The van der Waals surface area contributed by atoms with Crippen molar-refractivity contribution in [1.29, 1.82) is 0 Å². The first-order chi connectivity index (χ1) is 11.6. The molecule has 5 heteroatoms. The number of benzene rings is 1. The number of rotatable bonds is 5. The van der Waals surface area contributed by atoms with Gasteiger partial charge in [-0.3, -0.25) is 4.79 Å². The molecule has 1 amide bonds. The van der Waals surface area contributed by atoms with Crippen LogP contribution < -0.4 is 0 Å². The Balaban J connectivity index is 1.55. The van der Waals surface area contributed by atoms with Gasteiger partial charge in [-0.15, -0.1) is 10.2 Å². The number of hydrogen-bond acceptors (Lipinski definition) is 4. The molecule has 0 bridgehead atoms. The van der Waals surface area contributed by atoms with E-state index in [0.717, 1.165) is 18.4 Å². The predicted molar refractivity (Wildman–Crippen MR) is 92.4 cm³/mol. The minimum Gasteiger partial charge on any atom is -0.421 e. The smallest absolute Gasteiger partial charge is 0.247 e. The number of amides is 1. The van der Waals surface area contributed by atoms with E-state index in [-0.39, 0.29) is 5.91 Å². The van der Waals surface area contributed by atoms with Gasteiger partial charge in [-0.25, -0.2) is 0 Å². The third-order valence-electron chi connectivity index (χ3n) is 4.83. The van der Waals surface area contributed by atoms with Crippen LogP contribution in [0, 0.1) is 6.92 Å². The van der Waals surface area contributed by atoms with E-state index in [4.69, 9.17) is 4.42 Å². The summed E-state index contributed by atoms with van der Waals surface area (Å²) < 4.78 is 5.69. The van der Waals surface area contributed by atoms with Crippen molar-refractivity contribution in [3.05, 3.63) is 35.7 Å². The van der Waals surface area contributed by atoms with Crippen molar-refractivity contribution in [2.75, 3.05) is 7.05 Å². The molecule has 1 fully saturated rings. The Kier molecular flexibility index (Phi) is 5.28. The standard InChI is InChI=1S/C19H25N3O2/c1-14-8-10-15(11-9-14)19-21-20-17(24-19)12-13-18(23)22(2)16-6-4-3-5-7-16/h8-11,16H,3-7,12-13H2,1-2H3. The Morgan fingerprint density at radius 2 is 1.88 bits per heavy atom. The molecule has 0 spiro atoms. The summed E-state index contributed by atoms with van der Waals surface area (Å²) in [6, 6.07) is 8.37. The van der Waals surface area contributed by atoms with Crippen molar-refractivity contribution in [3.8, 4) is 11.5 Å². The predicted octanol–water partition coefficient (Wildman–Crippen LogP) is 3.77. The molecule has 5 nitrogen and oxygen atoms in total. The van der Waals surface area contributed by atoms with E-state index in [1.54, 1.807) is 0 Å². The highest BCUT2D eigenvalue weighted by Crippen LogP contribution is 2.23. The summed E-state index contributed by atoms with van der Waals surface area (Å²) in [5.41, 5.74) is 2.10. The third-order valence-corrected chi connectivity index (χ3v) is 4.83. The molecule has 128 valence electrons. The van der Waals surface area contributed by atoms with Gasteiger partial charge in [0.05, 0.1) is 0 Å². The second-order valence-corrected chi connectivity index (χ2v) is 6.66. The maximum atomic E-state index is 12.4. The molecule has 3 rings (SSSR count). The van der Waals surface area contributed by atoms with Crippen molar-refractivity contribution in [2.24, 2.45) is 0 Å². The number of nitrogens with zero attached hydrogens (tertiary/aromatic N) is 3. The molecular formula is C19H25N3O2. The topological polar surface area (TPSA) is 59.2 Å². The summed E-state index contributed by atoms with van der Waals surface area (Å²) in [4.78, 5) is 14.3.